The molecule has 0 aliphatic carbocycles. The normalized spacial score (nSPS) is 25.4. The number of sulfonamides is 1. The van der Waals surface area contributed by atoms with Crippen molar-refractivity contribution in [2.24, 2.45) is 5.92 Å². The lowest BCUT2D eigenvalue weighted by atomic mass is 9.99. The third kappa shape index (κ3) is 3.52. The summed E-state index contributed by atoms with van der Waals surface area (Å²) >= 11 is 0. The van der Waals surface area contributed by atoms with Gasteiger partial charge in [-0.2, -0.15) is 0 Å². The number of halogens is 1. The van der Waals surface area contributed by atoms with E-state index >= 15 is 0 Å². The molecule has 0 spiro atoms. The van der Waals surface area contributed by atoms with Crippen molar-refractivity contribution < 1.29 is 17.9 Å². The monoisotopic (exact) mass is 287 g/mol. The molecule has 2 atom stereocenters. The molecule has 0 saturated carbocycles. The fourth-order valence-electron chi connectivity index (χ4n) is 2.23. The van der Waals surface area contributed by atoms with Gasteiger partial charge in [-0.1, -0.05) is 19.1 Å². The first-order chi connectivity index (χ1) is 8.88. The summed E-state index contributed by atoms with van der Waals surface area (Å²) < 4.78 is 38.7. The molecule has 0 amide bonds. The third-order valence-electron chi connectivity index (χ3n) is 3.48. The van der Waals surface area contributed by atoms with E-state index in [1.54, 1.807) is 0 Å². The second-order valence-electron chi connectivity index (χ2n) is 5.07. The van der Waals surface area contributed by atoms with Crippen molar-refractivity contribution in [3.63, 3.8) is 0 Å². The molecule has 1 saturated heterocycles. The van der Waals surface area contributed by atoms with Gasteiger partial charge in [0, 0.05) is 13.1 Å². The number of hydrogen-bond acceptors (Lipinski definition) is 3. The van der Waals surface area contributed by atoms with Crippen molar-refractivity contribution in [2.75, 3.05) is 13.1 Å². The number of aliphatic hydroxyl groups is 1. The van der Waals surface area contributed by atoms with E-state index < -0.39 is 16.1 Å². The van der Waals surface area contributed by atoms with Crippen LogP contribution < -0.4 is 0 Å². The van der Waals surface area contributed by atoms with Gasteiger partial charge >= 0.3 is 0 Å². The van der Waals surface area contributed by atoms with Crippen LogP contribution in [-0.2, 0) is 15.8 Å². The summed E-state index contributed by atoms with van der Waals surface area (Å²) in [4.78, 5) is 0. The molecule has 0 radical (unpaired) electrons. The lowest BCUT2D eigenvalue weighted by molar-refractivity contribution is 0.0628. The van der Waals surface area contributed by atoms with Crippen molar-refractivity contribution in [3.8, 4) is 0 Å². The minimum absolute atomic E-state index is 0.0586. The summed E-state index contributed by atoms with van der Waals surface area (Å²) in [5, 5.41) is 9.62. The minimum Gasteiger partial charge on any atom is -0.393 e. The smallest absolute Gasteiger partial charge is 0.218 e. The predicted octanol–water partition coefficient (Wildman–Crippen LogP) is 1.36. The number of benzene rings is 1. The first-order valence-electron chi connectivity index (χ1n) is 6.29. The largest absolute Gasteiger partial charge is 0.393 e. The van der Waals surface area contributed by atoms with Crippen LogP contribution in [0.3, 0.4) is 0 Å². The zero-order chi connectivity index (χ0) is 14.0. The van der Waals surface area contributed by atoms with Crippen LogP contribution >= 0.6 is 0 Å². The Morgan fingerprint density at radius 1 is 1.37 bits per heavy atom. The Labute approximate surface area is 112 Å². The summed E-state index contributed by atoms with van der Waals surface area (Å²) in [6, 6.07) is 5.48. The summed E-state index contributed by atoms with van der Waals surface area (Å²) in [5.74, 6) is -0.566. The van der Waals surface area contributed by atoms with Crippen LogP contribution in [0, 0.1) is 11.7 Å². The predicted molar refractivity (Wildman–Crippen MR) is 70.4 cm³/mol. The van der Waals surface area contributed by atoms with Crippen LogP contribution in [0.25, 0.3) is 0 Å². The molecular weight excluding hydrogens is 269 g/mol. The quantitative estimate of drug-likeness (QED) is 0.913. The summed E-state index contributed by atoms with van der Waals surface area (Å²) in [6.07, 6.45) is 0.0290. The molecule has 2 rings (SSSR count). The first kappa shape index (κ1) is 14.4. The lowest BCUT2D eigenvalue weighted by Gasteiger charge is -2.33. The van der Waals surface area contributed by atoms with E-state index in [4.69, 9.17) is 0 Å². The molecule has 0 bridgehead atoms. The van der Waals surface area contributed by atoms with Crippen LogP contribution in [0.5, 0.6) is 0 Å². The topological polar surface area (TPSA) is 57.6 Å². The Morgan fingerprint density at radius 2 is 2.00 bits per heavy atom. The second-order valence-corrected chi connectivity index (χ2v) is 7.04. The standard InChI is InChI=1S/C13H18FNO3S/c1-10-8-15(7-6-13(10)16)19(17,18)9-11-2-4-12(14)5-3-11/h2-5,10,13,16H,6-9H2,1H3. The van der Waals surface area contributed by atoms with Crippen molar-refractivity contribution in [1.82, 2.24) is 4.31 Å². The average molecular weight is 287 g/mol. The van der Waals surface area contributed by atoms with Crippen LogP contribution in [0.1, 0.15) is 18.9 Å². The van der Waals surface area contributed by atoms with Crippen molar-refractivity contribution in [2.45, 2.75) is 25.2 Å². The average Bonchev–Trinajstić information content (AvgIpc) is 2.35. The SMILES string of the molecule is CC1CN(S(=O)(=O)Cc2ccc(F)cc2)CCC1O. The first-order valence-corrected chi connectivity index (χ1v) is 7.90. The minimum atomic E-state index is -3.41. The van der Waals surface area contributed by atoms with Gasteiger partial charge in [-0.3, -0.25) is 0 Å². The lowest BCUT2D eigenvalue weighted by Crippen LogP contribution is -2.45. The molecule has 2 unspecified atom stereocenters. The highest BCUT2D eigenvalue weighted by molar-refractivity contribution is 7.88. The van der Waals surface area contributed by atoms with Crippen LogP contribution in [0.2, 0.25) is 0 Å². The van der Waals surface area contributed by atoms with Gasteiger partial charge in [0.2, 0.25) is 10.0 Å². The number of nitrogens with zero attached hydrogens (tertiary/aromatic N) is 1. The second kappa shape index (κ2) is 5.56. The fourth-order valence-corrected chi connectivity index (χ4v) is 3.87. The van der Waals surface area contributed by atoms with Gasteiger partial charge < -0.3 is 5.11 Å². The Morgan fingerprint density at radius 3 is 2.58 bits per heavy atom. The highest BCUT2D eigenvalue weighted by Crippen LogP contribution is 2.21. The maximum atomic E-state index is 12.8. The van der Waals surface area contributed by atoms with E-state index in [9.17, 15) is 17.9 Å². The number of hydrogen-bond donors (Lipinski definition) is 1. The molecular formula is C13H18FNO3S. The zero-order valence-electron chi connectivity index (χ0n) is 10.8. The molecule has 1 aromatic carbocycles. The molecule has 1 heterocycles. The Bertz CT molecular complexity index is 529. The van der Waals surface area contributed by atoms with E-state index in [0.717, 1.165) is 0 Å². The molecule has 106 valence electrons. The summed E-state index contributed by atoms with van der Waals surface area (Å²) in [5.41, 5.74) is 0.570. The van der Waals surface area contributed by atoms with E-state index in [2.05, 4.69) is 0 Å². The van der Waals surface area contributed by atoms with Crippen LogP contribution in [0.15, 0.2) is 24.3 Å². The number of aliphatic hydroxyl groups excluding tert-OH is 1. The fraction of sp³-hybridized carbons (Fsp3) is 0.538. The van der Waals surface area contributed by atoms with Gasteiger partial charge in [-0.15, -0.1) is 0 Å². The van der Waals surface area contributed by atoms with Crippen molar-refractivity contribution in [3.05, 3.63) is 35.6 Å². The summed E-state index contributed by atoms with van der Waals surface area (Å²) in [6.45, 7) is 2.52. The van der Waals surface area contributed by atoms with Crippen molar-refractivity contribution >= 4 is 10.0 Å². The molecule has 1 aliphatic heterocycles. The van der Waals surface area contributed by atoms with E-state index in [-0.39, 0.29) is 17.5 Å². The van der Waals surface area contributed by atoms with E-state index in [0.29, 0.717) is 25.1 Å². The maximum Gasteiger partial charge on any atom is 0.218 e. The summed E-state index contributed by atoms with van der Waals surface area (Å²) in [7, 11) is -3.41. The molecule has 19 heavy (non-hydrogen) atoms. The van der Waals surface area contributed by atoms with Crippen LogP contribution in [0.4, 0.5) is 4.39 Å². The van der Waals surface area contributed by atoms with Gasteiger partial charge in [-0.25, -0.2) is 17.1 Å². The molecule has 1 aliphatic rings. The van der Waals surface area contributed by atoms with E-state index in [1.807, 2.05) is 6.92 Å². The van der Waals surface area contributed by atoms with Crippen molar-refractivity contribution in [1.29, 1.82) is 0 Å². The highest BCUT2D eigenvalue weighted by atomic mass is 32.2. The zero-order valence-corrected chi connectivity index (χ0v) is 11.6. The van der Waals surface area contributed by atoms with Gasteiger partial charge in [0.15, 0.2) is 0 Å². The molecule has 1 N–H and O–H groups in total. The molecule has 1 fully saturated rings. The Hall–Kier alpha value is -0.980. The molecule has 6 heteroatoms. The Balaban J connectivity index is 2.08. The van der Waals surface area contributed by atoms with E-state index in [1.165, 1.54) is 28.6 Å². The molecule has 1 aromatic rings. The highest BCUT2D eigenvalue weighted by Gasteiger charge is 2.31. The van der Waals surface area contributed by atoms with Gasteiger partial charge in [0.1, 0.15) is 5.82 Å². The Kier molecular flexibility index (Phi) is 4.23. The van der Waals surface area contributed by atoms with Crippen LogP contribution in [-0.4, -0.2) is 37.0 Å². The molecule has 4 nitrogen and oxygen atoms in total. The number of piperidine rings is 1. The third-order valence-corrected chi connectivity index (χ3v) is 5.30. The van der Waals surface area contributed by atoms with Gasteiger partial charge in [0.05, 0.1) is 11.9 Å². The maximum absolute atomic E-state index is 12.8. The van der Waals surface area contributed by atoms with Gasteiger partial charge in [-0.05, 0) is 30.0 Å². The molecule has 0 aromatic heterocycles. The number of rotatable bonds is 3. The van der Waals surface area contributed by atoms with Gasteiger partial charge in [0.25, 0.3) is 0 Å².